The predicted octanol–water partition coefficient (Wildman–Crippen LogP) is 1.40. The zero-order valence-electron chi connectivity index (χ0n) is 6.96. The summed E-state index contributed by atoms with van der Waals surface area (Å²) in [6.45, 7) is 0. The van der Waals surface area contributed by atoms with E-state index in [-0.39, 0.29) is 0 Å². The molecule has 1 aliphatic rings. The Labute approximate surface area is 76.5 Å². The smallest absolute Gasteiger partial charge is 0.377 e. The molecule has 2 atom stereocenters. The van der Waals surface area contributed by atoms with Gasteiger partial charge in [0.25, 0.3) is 0 Å². The lowest BCUT2D eigenvalue weighted by atomic mass is 11.0. The van der Waals surface area contributed by atoms with E-state index in [9.17, 15) is 0 Å². The molecule has 0 saturated heterocycles. The number of halogens is 1. The van der Waals surface area contributed by atoms with E-state index in [1.807, 2.05) is 0 Å². The first-order chi connectivity index (χ1) is 5.20. The number of hydrogen-bond donors (Lipinski definition) is 0. The van der Waals surface area contributed by atoms with Gasteiger partial charge in [-0.25, -0.2) is 0 Å². The van der Waals surface area contributed by atoms with Crippen LogP contribution in [0.3, 0.4) is 0 Å². The molecule has 0 aromatic rings. The summed E-state index contributed by atoms with van der Waals surface area (Å²) in [4.78, 5) is 0.522. The fourth-order valence-corrected chi connectivity index (χ4v) is 5.35. The van der Waals surface area contributed by atoms with Crippen molar-refractivity contribution in [2.75, 3.05) is 21.3 Å². The maximum absolute atomic E-state index is 5.30. The summed E-state index contributed by atoms with van der Waals surface area (Å²) >= 11 is 3.50. The molecule has 0 N–H and O–H groups in total. The van der Waals surface area contributed by atoms with Gasteiger partial charge in [-0.1, -0.05) is 15.9 Å². The molecule has 0 spiro atoms. The number of hydrogen-bond acceptors (Lipinski definition) is 3. The van der Waals surface area contributed by atoms with Crippen molar-refractivity contribution in [1.82, 2.24) is 0 Å². The lowest BCUT2D eigenvalue weighted by Gasteiger charge is -2.23. The standard InChI is InChI=1S/C6H13BrO3Si/c1-8-11(9-2,10-3)6-4-5(6)7/h5-6H,4H2,1-3H3. The molecule has 1 fully saturated rings. The highest BCUT2D eigenvalue weighted by atomic mass is 79.9. The molecule has 1 saturated carbocycles. The van der Waals surface area contributed by atoms with Crippen LogP contribution in [-0.2, 0) is 13.3 Å². The van der Waals surface area contributed by atoms with Crippen LogP contribution in [0.25, 0.3) is 0 Å². The van der Waals surface area contributed by atoms with Gasteiger partial charge in [0, 0.05) is 31.7 Å². The maximum atomic E-state index is 5.30. The van der Waals surface area contributed by atoms with E-state index in [1.165, 1.54) is 0 Å². The van der Waals surface area contributed by atoms with Crippen molar-refractivity contribution in [3.8, 4) is 0 Å². The quantitative estimate of drug-likeness (QED) is 0.550. The van der Waals surface area contributed by atoms with E-state index in [2.05, 4.69) is 15.9 Å². The SMILES string of the molecule is CO[Si](OC)(OC)C1CC1Br. The van der Waals surface area contributed by atoms with E-state index in [0.717, 1.165) is 6.42 Å². The fourth-order valence-electron chi connectivity index (χ4n) is 1.23. The predicted molar refractivity (Wildman–Crippen MR) is 47.9 cm³/mol. The van der Waals surface area contributed by atoms with Gasteiger partial charge in [0.2, 0.25) is 0 Å². The third-order valence-electron chi connectivity index (χ3n) is 2.02. The Morgan fingerprint density at radius 1 is 1.18 bits per heavy atom. The van der Waals surface area contributed by atoms with E-state index in [1.54, 1.807) is 21.3 Å². The normalized spacial score (nSPS) is 30.5. The molecule has 0 heterocycles. The highest BCUT2D eigenvalue weighted by Crippen LogP contribution is 2.51. The molecular weight excluding hydrogens is 228 g/mol. The van der Waals surface area contributed by atoms with Crippen molar-refractivity contribution in [1.29, 1.82) is 0 Å². The van der Waals surface area contributed by atoms with Crippen LogP contribution in [0.15, 0.2) is 0 Å². The van der Waals surface area contributed by atoms with Gasteiger partial charge >= 0.3 is 8.80 Å². The Morgan fingerprint density at radius 2 is 1.55 bits per heavy atom. The van der Waals surface area contributed by atoms with Gasteiger partial charge in [-0.15, -0.1) is 0 Å². The molecule has 0 aromatic heterocycles. The molecule has 2 unspecified atom stereocenters. The van der Waals surface area contributed by atoms with Crippen molar-refractivity contribution < 1.29 is 13.3 Å². The molecule has 11 heavy (non-hydrogen) atoms. The zero-order valence-corrected chi connectivity index (χ0v) is 9.55. The minimum Gasteiger partial charge on any atom is -0.377 e. The van der Waals surface area contributed by atoms with Crippen molar-refractivity contribution in [2.24, 2.45) is 0 Å². The van der Waals surface area contributed by atoms with Gasteiger partial charge in [-0.2, -0.15) is 0 Å². The van der Waals surface area contributed by atoms with E-state index in [4.69, 9.17) is 13.3 Å². The molecule has 0 amide bonds. The van der Waals surface area contributed by atoms with Crippen LogP contribution >= 0.6 is 15.9 Å². The van der Waals surface area contributed by atoms with Crippen molar-refractivity contribution in [3.63, 3.8) is 0 Å². The van der Waals surface area contributed by atoms with Crippen LogP contribution in [0.4, 0.5) is 0 Å². The molecule has 1 rings (SSSR count). The molecule has 1 aliphatic carbocycles. The van der Waals surface area contributed by atoms with Crippen LogP contribution in [0.5, 0.6) is 0 Å². The first-order valence-electron chi connectivity index (χ1n) is 3.49. The summed E-state index contributed by atoms with van der Waals surface area (Å²) in [6, 6.07) is 0. The average Bonchev–Trinajstić information content (AvgIpc) is 2.73. The number of alkyl halides is 1. The summed E-state index contributed by atoms with van der Waals surface area (Å²) in [5.41, 5.74) is 0.447. The largest absolute Gasteiger partial charge is 0.504 e. The van der Waals surface area contributed by atoms with Gasteiger partial charge in [-0.05, 0) is 6.42 Å². The van der Waals surface area contributed by atoms with Gasteiger partial charge in [0.1, 0.15) is 0 Å². The highest BCUT2D eigenvalue weighted by molar-refractivity contribution is 9.09. The molecule has 0 aliphatic heterocycles. The molecular formula is C6H13BrO3Si. The fraction of sp³-hybridized carbons (Fsp3) is 1.00. The van der Waals surface area contributed by atoms with Crippen LogP contribution in [0.1, 0.15) is 6.42 Å². The summed E-state index contributed by atoms with van der Waals surface area (Å²) in [5, 5.41) is 0. The van der Waals surface area contributed by atoms with Gasteiger partial charge in [0.15, 0.2) is 0 Å². The molecule has 0 radical (unpaired) electrons. The third kappa shape index (κ3) is 1.67. The molecule has 5 heteroatoms. The Kier molecular flexibility index (Phi) is 3.10. The Hall–Kier alpha value is 0.577. The molecule has 3 nitrogen and oxygen atoms in total. The minimum absolute atomic E-state index is 0.447. The first kappa shape index (κ1) is 9.66. The number of rotatable bonds is 4. The molecule has 66 valence electrons. The van der Waals surface area contributed by atoms with E-state index < -0.39 is 8.80 Å². The van der Waals surface area contributed by atoms with Crippen LogP contribution in [0, 0.1) is 0 Å². The van der Waals surface area contributed by atoms with Crippen LogP contribution in [0.2, 0.25) is 5.54 Å². The van der Waals surface area contributed by atoms with Gasteiger partial charge < -0.3 is 13.3 Å². The third-order valence-corrected chi connectivity index (χ3v) is 6.77. The molecule has 0 aromatic carbocycles. The van der Waals surface area contributed by atoms with E-state index in [0.29, 0.717) is 10.4 Å². The Bertz CT molecular complexity index is 132. The highest BCUT2D eigenvalue weighted by Gasteiger charge is 2.59. The summed E-state index contributed by atoms with van der Waals surface area (Å²) < 4.78 is 15.9. The second-order valence-corrected chi connectivity index (χ2v) is 6.92. The van der Waals surface area contributed by atoms with E-state index >= 15 is 0 Å². The summed E-state index contributed by atoms with van der Waals surface area (Å²) in [5.74, 6) is 0. The lowest BCUT2D eigenvalue weighted by molar-refractivity contribution is 0.122. The van der Waals surface area contributed by atoms with Gasteiger partial charge in [0.05, 0.1) is 0 Å². The van der Waals surface area contributed by atoms with Crippen molar-refractivity contribution >= 4 is 24.7 Å². The van der Waals surface area contributed by atoms with Gasteiger partial charge in [-0.3, -0.25) is 0 Å². The summed E-state index contributed by atoms with van der Waals surface area (Å²) in [7, 11) is 2.66. The summed E-state index contributed by atoms with van der Waals surface area (Å²) in [6.07, 6.45) is 1.10. The van der Waals surface area contributed by atoms with Crippen molar-refractivity contribution in [2.45, 2.75) is 16.8 Å². The average molecular weight is 241 g/mol. The van der Waals surface area contributed by atoms with Crippen molar-refractivity contribution in [3.05, 3.63) is 0 Å². The molecule has 0 bridgehead atoms. The Morgan fingerprint density at radius 3 is 1.64 bits per heavy atom. The van der Waals surface area contributed by atoms with Crippen LogP contribution in [-0.4, -0.2) is 35.0 Å². The maximum Gasteiger partial charge on any atom is 0.504 e. The second kappa shape index (κ2) is 3.53. The Balaban J connectivity index is 2.57. The topological polar surface area (TPSA) is 27.7 Å². The van der Waals surface area contributed by atoms with Crippen LogP contribution < -0.4 is 0 Å². The monoisotopic (exact) mass is 240 g/mol. The lowest BCUT2D eigenvalue weighted by Crippen LogP contribution is -2.44. The minimum atomic E-state index is -2.29. The second-order valence-electron chi connectivity index (χ2n) is 2.57. The zero-order chi connectivity index (χ0) is 8.48. The first-order valence-corrected chi connectivity index (χ1v) is 6.21.